The molecule has 0 unspecified atom stereocenters. The summed E-state index contributed by atoms with van der Waals surface area (Å²) in [7, 11) is 0. The van der Waals surface area contributed by atoms with Crippen LogP contribution in [0.5, 0.6) is 0 Å². The minimum atomic E-state index is -0.0744. The van der Waals surface area contributed by atoms with Crippen LogP contribution in [0.3, 0.4) is 0 Å². The molecule has 4 atom stereocenters. The van der Waals surface area contributed by atoms with Crippen molar-refractivity contribution in [2.75, 3.05) is 0 Å². The molecule has 0 N–H and O–H groups in total. The number of nitrogens with zero attached hydrogens (tertiary/aromatic N) is 2. The molecule has 334 valence electrons. The van der Waals surface area contributed by atoms with E-state index in [2.05, 4.69) is 267 Å². The van der Waals surface area contributed by atoms with Gasteiger partial charge < -0.3 is 0 Å². The summed E-state index contributed by atoms with van der Waals surface area (Å²) in [6.07, 6.45) is 2.49. The molecule has 8 aromatic carbocycles. The quantitative estimate of drug-likeness (QED) is 0.121. The van der Waals surface area contributed by atoms with Gasteiger partial charge >= 0.3 is 0 Å². The Hall–Kier alpha value is -6.77. The van der Waals surface area contributed by atoms with Crippen LogP contribution in [0.2, 0.25) is 0 Å². The predicted octanol–water partition coefficient (Wildman–Crippen LogP) is 16.8. The van der Waals surface area contributed by atoms with Crippen molar-refractivity contribution in [3.8, 4) is 33.9 Å². The highest BCUT2D eigenvalue weighted by Crippen LogP contribution is 2.51. The number of hydrogen-bond donors (Lipinski definition) is 0. The Morgan fingerprint density at radius 2 is 0.761 bits per heavy atom. The van der Waals surface area contributed by atoms with Gasteiger partial charge in [-0.25, -0.2) is 0 Å². The predicted molar refractivity (Wildman–Crippen MR) is 282 cm³/mol. The molecular weight excluding hydrogens is 809 g/mol. The number of hydrogen-bond acceptors (Lipinski definition) is 0. The number of benzene rings is 8. The highest BCUT2D eigenvalue weighted by atomic mass is 15.2. The Bertz CT molecular complexity index is 2890. The average molecular weight is 874 g/mol. The minimum Gasteiger partial charge on any atom is -0.193 e. The molecule has 10 rings (SSSR count). The third kappa shape index (κ3) is 7.85. The van der Waals surface area contributed by atoms with E-state index < -0.39 is 0 Å². The first-order valence-corrected chi connectivity index (χ1v) is 24.5. The zero-order chi connectivity index (χ0) is 46.8. The van der Waals surface area contributed by atoms with Gasteiger partial charge in [0.25, 0.3) is 6.33 Å². The van der Waals surface area contributed by atoms with Crippen LogP contribution in [-0.4, -0.2) is 4.57 Å². The number of rotatable bonds is 10. The van der Waals surface area contributed by atoms with E-state index in [1.807, 2.05) is 0 Å². The Morgan fingerprint density at radius 1 is 0.403 bits per heavy atom. The summed E-state index contributed by atoms with van der Waals surface area (Å²) in [6, 6.07) is 68.5. The summed E-state index contributed by atoms with van der Waals surface area (Å²) in [5, 5.41) is 2.59. The number of imidazole rings is 1. The second-order valence-corrected chi connectivity index (χ2v) is 21.3. The molecule has 0 saturated heterocycles. The monoisotopic (exact) mass is 874 g/mol. The number of fused-ring (bicyclic) bond motifs is 3. The van der Waals surface area contributed by atoms with Gasteiger partial charge in [-0.3, -0.25) is 0 Å². The SMILES string of the molecule is C[C@H](c1ccccc1)c1cc(C(C)(C)C)cc([C@H](C)c2ccccc2)c1-n1c[n+](-c2c([C@H](C)c3ccccc3)cc(C(C)(C)C)cc2[C@H](C)c2ccccc2)c2c1-c1cccc3cccc-2c13. The molecule has 0 fully saturated rings. The lowest BCUT2D eigenvalue weighted by atomic mass is 9.78. The summed E-state index contributed by atoms with van der Waals surface area (Å²) in [5.41, 5.74) is 20.7. The molecular formula is C65H65N2+. The molecule has 67 heavy (non-hydrogen) atoms. The third-order valence-electron chi connectivity index (χ3n) is 15.0. The Labute approximate surface area is 399 Å². The fraction of sp³-hybridized carbons (Fsp3) is 0.246. The van der Waals surface area contributed by atoms with E-state index in [0.717, 1.165) is 0 Å². The Balaban J connectivity index is 1.39. The molecule has 1 aliphatic rings. The standard InChI is InChI=1S/C65H65N2/c1-42(46-25-15-11-16-26-46)55-37-51(64(5,6)7)38-56(43(2)47-27-17-12-18-28-47)60(55)66-41-67(63-54-36-24-34-50-33-23-35-53(59(50)54)62(63)66)61-57(44(3)48-29-19-13-20-30-48)39-52(65(8,9)10)40-58(61)45(4)49-31-21-14-22-32-49/h11-45H,1-10H3/q+1/t42-,43-,44-,45-/m1/s1. The van der Waals surface area contributed by atoms with E-state index in [9.17, 15) is 0 Å². The smallest absolute Gasteiger partial charge is 0.193 e. The molecule has 1 heterocycles. The van der Waals surface area contributed by atoms with E-state index in [0.29, 0.717) is 0 Å². The van der Waals surface area contributed by atoms with Gasteiger partial charge in [-0.2, -0.15) is 9.13 Å². The molecule has 9 aromatic rings. The van der Waals surface area contributed by atoms with Crippen molar-refractivity contribution in [2.24, 2.45) is 0 Å². The van der Waals surface area contributed by atoms with Gasteiger partial charge in [0.1, 0.15) is 11.4 Å². The zero-order valence-corrected chi connectivity index (χ0v) is 41.1. The first-order valence-electron chi connectivity index (χ1n) is 24.5. The number of aromatic nitrogens is 2. The van der Waals surface area contributed by atoms with Crippen molar-refractivity contribution in [3.63, 3.8) is 0 Å². The molecule has 0 amide bonds. The summed E-state index contributed by atoms with van der Waals surface area (Å²) in [5.74, 6) is 0.443. The maximum Gasteiger partial charge on any atom is 0.255 e. The van der Waals surface area contributed by atoms with E-state index in [4.69, 9.17) is 0 Å². The van der Waals surface area contributed by atoms with Gasteiger partial charge in [-0.15, -0.1) is 0 Å². The van der Waals surface area contributed by atoms with Crippen LogP contribution < -0.4 is 4.57 Å². The Morgan fingerprint density at radius 3 is 1.15 bits per heavy atom. The van der Waals surface area contributed by atoms with Crippen LogP contribution in [0.25, 0.3) is 44.7 Å². The zero-order valence-electron chi connectivity index (χ0n) is 41.1. The van der Waals surface area contributed by atoms with Gasteiger partial charge in [-0.05, 0) is 61.7 Å². The molecule has 1 aromatic heterocycles. The molecule has 0 radical (unpaired) electrons. The van der Waals surface area contributed by atoms with Gasteiger partial charge in [0, 0.05) is 62.4 Å². The average Bonchev–Trinajstić information content (AvgIpc) is 3.90. The van der Waals surface area contributed by atoms with Gasteiger partial charge in [0.15, 0.2) is 11.4 Å². The largest absolute Gasteiger partial charge is 0.255 e. The van der Waals surface area contributed by atoms with E-state index in [1.54, 1.807) is 0 Å². The van der Waals surface area contributed by atoms with Crippen molar-refractivity contribution in [1.82, 2.24) is 4.57 Å². The fourth-order valence-electron chi connectivity index (χ4n) is 10.8. The van der Waals surface area contributed by atoms with Crippen LogP contribution >= 0.6 is 0 Å². The maximum atomic E-state index is 2.63. The lowest BCUT2D eigenvalue weighted by Gasteiger charge is -2.28. The van der Waals surface area contributed by atoms with Gasteiger partial charge in [0.05, 0.1) is 0 Å². The molecule has 0 bridgehead atoms. The van der Waals surface area contributed by atoms with Gasteiger partial charge in [-0.1, -0.05) is 239 Å². The summed E-state index contributed by atoms with van der Waals surface area (Å²) in [6.45, 7) is 23.8. The van der Waals surface area contributed by atoms with E-state index in [-0.39, 0.29) is 34.5 Å². The van der Waals surface area contributed by atoms with Crippen molar-refractivity contribution in [2.45, 2.75) is 104 Å². The Kier molecular flexibility index (Phi) is 11.3. The van der Waals surface area contributed by atoms with Crippen molar-refractivity contribution in [3.05, 3.63) is 244 Å². The summed E-state index contributed by atoms with van der Waals surface area (Å²) < 4.78 is 5.26. The summed E-state index contributed by atoms with van der Waals surface area (Å²) >= 11 is 0. The normalized spacial score (nSPS) is 14.2. The second kappa shape index (κ2) is 17.1. The van der Waals surface area contributed by atoms with Crippen LogP contribution in [0, 0.1) is 0 Å². The van der Waals surface area contributed by atoms with Crippen molar-refractivity contribution in [1.29, 1.82) is 0 Å². The van der Waals surface area contributed by atoms with Crippen LogP contribution in [0.15, 0.2) is 188 Å². The molecule has 2 nitrogen and oxygen atoms in total. The maximum absolute atomic E-state index is 2.63. The topological polar surface area (TPSA) is 8.81 Å². The van der Waals surface area contributed by atoms with Gasteiger partial charge in [0.2, 0.25) is 0 Å². The van der Waals surface area contributed by atoms with Crippen LogP contribution in [0.1, 0.15) is 149 Å². The minimum absolute atomic E-state index is 0.0744. The first kappa shape index (κ1) is 44.1. The third-order valence-corrected chi connectivity index (χ3v) is 15.0. The van der Waals surface area contributed by atoms with Crippen LogP contribution in [0.4, 0.5) is 0 Å². The second-order valence-electron chi connectivity index (χ2n) is 21.3. The molecule has 0 saturated carbocycles. The fourth-order valence-corrected chi connectivity index (χ4v) is 10.8. The van der Waals surface area contributed by atoms with Crippen molar-refractivity contribution >= 4 is 10.8 Å². The van der Waals surface area contributed by atoms with Crippen LogP contribution in [-0.2, 0) is 10.8 Å². The van der Waals surface area contributed by atoms with E-state index in [1.165, 1.54) is 100 Å². The molecule has 0 aliphatic heterocycles. The molecule has 2 heteroatoms. The summed E-state index contributed by atoms with van der Waals surface area (Å²) in [4.78, 5) is 0. The highest BCUT2D eigenvalue weighted by molar-refractivity contribution is 6.13. The molecule has 1 aliphatic carbocycles. The van der Waals surface area contributed by atoms with Crippen molar-refractivity contribution < 1.29 is 4.57 Å². The lowest BCUT2D eigenvalue weighted by molar-refractivity contribution is -0.584. The lowest BCUT2D eigenvalue weighted by Crippen LogP contribution is -2.35. The molecule has 0 spiro atoms. The first-order chi connectivity index (χ1) is 32.2. The van der Waals surface area contributed by atoms with E-state index >= 15 is 0 Å². The highest BCUT2D eigenvalue weighted by Gasteiger charge is 2.41.